The summed E-state index contributed by atoms with van der Waals surface area (Å²) in [7, 11) is 1.43. The fraction of sp³-hybridized carbons (Fsp3) is 0.0667. The highest BCUT2D eigenvalue weighted by atomic mass is 16.5. The number of H-pyrrole nitrogens is 1. The number of phenols is 1. The van der Waals surface area contributed by atoms with Crippen molar-refractivity contribution >= 4 is 6.29 Å². The van der Waals surface area contributed by atoms with Gasteiger partial charge in [0.05, 0.1) is 7.11 Å². The Balaban J connectivity index is 2.04. The molecule has 1 heterocycles. The van der Waals surface area contributed by atoms with E-state index in [4.69, 9.17) is 4.74 Å². The number of phenolic OH excluding ortho intramolecular Hbond substituents is 1. The molecule has 0 radical (unpaired) electrons. The van der Waals surface area contributed by atoms with E-state index in [0.29, 0.717) is 17.0 Å². The first-order chi connectivity index (χ1) is 10.7. The molecule has 0 spiro atoms. The average Bonchev–Trinajstić information content (AvgIpc) is 3.09. The van der Waals surface area contributed by atoms with Gasteiger partial charge in [0, 0.05) is 11.1 Å². The zero-order valence-electron chi connectivity index (χ0n) is 11.6. The number of aldehydes is 1. The highest BCUT2D eigenvalue weighted by molar-refractivity contribution is 5.89. The van der Waals surface area contributed by atoms with Crippen molar-refractivity contribution in [3.05, 3.63) is 42.0 Å². The first-order valence-electron chi connectivity index (χ1n) is 6.43. The number of aromatic amines is 1. The Kier molecular flexibility index (Phi) is 3.53. The maximum absolute atomic E-state index is 11.3. The van der Waals surface area contributed by atoms with Gasteiger partial charge in [-0.05, 0) is 28.5 Å². The number of tetrazole rings is 1. The van der Waals surface area contributed by atoms with Gasteiger partial charge in [0.1, 0.15) is 0 Å². The van der Waals surface area contributed by atoms with Crippen LogP contribution in [0.2, 0.25) is 0 Å². The number of nitrogens with one attached hydrogen (secondary N) is 1. The van der Waals surface area contributed by atoms with Crippen LogP contribution in [0.4, 0.5) is 0 Å². The van der Waals surface area contributed by atoms with Crippen LogP contribution in [0, 0.1) is 0 Å². The number of hydrogen-bond acceptors (Lipinski definition) is 6. The van der Waals surface area contributed by atoms with E-state index in [0.717, 1.165) is 17.4 Å². The molecule has 3 aromatic rings. The van der Waals surface area contributed by atoms with E-state index >= 15 is 0 Å². The molecule has 2 aromatic carbocycles. The summed E-state index contributed by atoms with van der Waals surface area (Å²) in [4.78, 5) is 11.3. The predicted molar refractivity (Wildman–Crippen MR) is 78.7 cm³/mol. The first-order valence-corrected chi connectivity index (χ1v) is 6.43. The molecule has 1 aromatic heterocycles. The number of aromatic hydroxyl groups is 1. The van der Waals surface area contributed by atoms with E-state index in [1.165, 1.54) is 19.2 Å². The van der Waals surface area contributed by atoms with Gasteiger partial charge in [-0.1, -0.05) is 24.3 Å². The third kappa shape index (κ3) is 2.39. The Morgan fingerprint density at radius 2 is 1.91 bits per heavy atom. The topological polar surface area (TPSA) is 101 Å². The number of benzene rings is 2. The number of aromatic nitrogens is 4. The van der Waals surface area contributed by atoms with Crippen molar-refractivity contribution in [1.82, 2.24) is 20.6 Å². The minimum absolute atomic E-state index is 0.0228. The molecule has 0 aliphatic carbocycles. The summed E-state index contributed by atoms with van der Waals surface area (Å²) in [6, 6.07) is 10.3. The SMILES string of the molecule is COc1cc(C=O)c(-c2ccc(-c3nn[nH]n3)cc2)cc1O. The van der Waals surface area contributed by atoms with Crippen LogP contribution in [0.15, 0.2) is 36.4 Å². The molecule has 0 saturated carbocycles. The van der Waals surface area contributed by atoms with Crippen molar-refractivity contribution in [2.75, 3.05) is 7.11 Å². The highest BCUT2D eigenvalue weighted by Gasteiger charge is 2.12. The van der Waals surface area contributed by atoms with Crippen molar-refractivity contribution in [1.29, 1.82) is 0 Å². The van der Waals surface area contributed by atoms with E-state index < -0.39 is 0 Å². The zero-order chi connectivity index (χ0) is 15.5. The standard InChI is InChI=1S/C15H12N4O3/c1-22-14-6-11(8-20)12(7-13(14)21)9-2-4-10(5-3-9)15-16-18-19-17-15/h2-8,21H,1H3,(H,16,17,18,19). The molecule has 110 valence electrons. The molecule has 0 atom stereocenters. The van der Waals surface area contributed by atoms with Gasteiger partial charge < -0.3 is 9.84 Å². The monoisotopic (exact) mass is 296 g/mol. The van der Waals surface area contributed by atoms with Gasteiger partial charge in [-0.15, -0.1) is 10.2 Å². The quantitative estimate of drug-likeness (QED) is 0.715. The molecule has 22 heavy (non-hydrogen) atoms. The van der Waals surface area contributed by atoms with Crippen LogP contribution in [-0.4, -0.2) is 39.1 Å². The van der Waals surface area contributed by atoms with E-state index in [1.807, 2.05) is 24.3 Å². The number of methoxy groups -OCH3 is 1. The Bertz CT molecular complexity index is 798. The second-order valence-corrected chi connectivity index (χ2v) is 4.54. The smallest absolute Gasteiger partial charge is 0.204 e. The van der Waals surface area contributed by atoms with Crippen LogP contribution >= 0.6 is 0 Å². The van der Waals surface area contributed by atoms with Crippen molar-refractivity contribution in [3.63, 3.8) is 0 Å². The highest BCUT2D eigenvalue weighted by Crippen LogP contribution is 2.34. The van der Waals surface area contributed by atoms with Crippen molar-refractivity contribution in [2.45, 2.75) is 0 Å². The molecule has 0 unspecified atom stereocenters. The number of carbonyl (C=O) groups is 1. The molecule has 0 amide bonds. The van der Waals surface area contributed by atoms with E-state index in [2.05, 4.69) is 20.6 Å². The fourth-order valence-corrected chi connectivity index (χ4v) is 2.18. The normalized spacial score (nSPS) is 10.4. The zero-order valence-corrected chi connectivity index (χ0v) is 11.6. The Hall–Kier alpha value is -3.22. The molecular formula is C15H12N4O3. The second kappa shape index (κ2) is 5.65. The summed E-state index contributed by atoms with van der Waals surface area (Å²) in [6.45, 7) is 0. The Morgan fingerprint density at radius 1 is 1.18 bits per heavy atom. The van der Waals surface area contributed by atoms with Crippen molar-refractivity contribution in [3.8, 4) is 34.0 Å². The molecule has 0 aliphatic rings. The fourth-order valence-electron chi connectivity index (χ4n) is 2.18. The summed E-state index contributed by atoms with van der Waals surface area (Å²) in [6.07, 6.45) is 0.727. The molecule has 0 saturated heterocycles. The van der Waals surface area contributed by atoms with Gasteiger partial charge in [0.25, 0.3) is 0 Å². The van der Waals surface area contributed by atoms with Crippen LogP contribution in [-0.2, 0) is 0 Å². The van der Waals surface area contributed by atoms with Gasteiger partial charge in [-0.3, -0.25) is 4.79 Å². The summed E-state index contributed by atoms with van der Waals surface area (Å²) in [5, 5.41) is 23.6. The average molecular weight is 296 g/mol. The number of ether oxygens (including phenoxy) is 1. The van der Waals surface area contributed by atoms with Gasteiger partial charge in [-0.2, -0.15) is 5.21 Å². The van der Waals surface area contributed by atoms with Crippen molar-refractivity contribution in [2.24, 2.45) is 0 Å². The minimum Gasteiger partial charge on any atom is -0.504 e. The summed E-state index contributed by atoms with van der Waals surface area (Å²) in [5.41, 5.74) is 2.63. The Labute approximate surface area is 125 Å². The van der Waals surface area contributed by atoms with Gasteiger partial charge in [0.2, 0.25) is 5.82 Å². The number of carbonyl (C=O) groups excluding carboxylic acids is 1. The van der Waals surface area contributed by atoms with Crippen LogP contribution < -0.4 is 4.74 Å². The lowest BCUT2D eigenvalue weighted by Crippen LogP contribution is -1.92. The van der Waals surface area contributed by atoms with Gasteiger partial charge >= 0.3 is 0 Å². The lowest BCUT2D eigenvalue weighted by atomic mass is 9.98. The Morgan fingerprint density at radius 3 is 2.50 bits per heavy atom. The second-order valence-electron chi connectivity index (χ2n) is 4.54. The third-order valence-electron chi connectivity index (χ3n) is 3.28. The van der Waals surface area contributed by atoms with Crippen LogP contribution in [0.1, 0.15) is 10.4 Å². The molecule has 0 fully saturated rings. The molecule has 0 aliphatic heterocycles. The van der Waals surface area contributed by atoms with E-state index in [1.54, 1.807) is 0 Å². The van der Waals surface area contributed by atoms with Gasteiger partial charge in [0.15, 0.2) is 17.8 Å². The molecule has 2 N–H and O–H groups in total. The minimum atomic E-state index is -0.0228. The third-order valence-corrected chi connectivity index (χ3v) is 3.28. The summed E-state index contributed by atoms with van der Waals surface area (Å²) in [5.74, 6) is 0.722. The summed E-state index contributed by atoms with van der Waals surface area (Å²) < 4.78 is 5.01. The van der Waals surface area contributed by atoms with Crippen molar-refractivity contribution < 1.29 is 14.6 Å². The predicted octanol–water partition coefficient (Wildman–Crippen LogP) is 2.06. The summed E-state index contributed by atoms with van der Waals surface area (Å²) >= 11 is 0. The lowest BCUT2D eigenvalue weighted by Gasteiger charge is -2.10. The number of hydrogen-bond donors (Lipinski definition) is 2. The molecule has 3 rings (SSSR count). The molecule has 7 heteroatoms. The molecule has 0 bridgehead atoms. The largest absolute Gasteiger partial charge is 0.504 e. The molecule has 7 nitrogen and oxygen atoms in total. The first kappa shape index (κ1) is 13.7. The number of nitrogens with zero attached hydrogens (tertiary/aromatic N) is 3. The maximum atomic E-state index is 11.3. The van der Waals surface area contributed by atoms with E-state index in [9.17, 15) is 9.90 Å². The lowest BCUT2D eigenvalue weighted by molar-refractivity contribution is 0.112. The van der Waals surface area contributed by atoms with Gasteiger partial charge in [-0.25, -0.2) is 0 Å². The van der Waals surface area contributed by atoms with Crippen LogP contribution in [0.25, 0.3) is 22.5 Å². The van der Waals surface area contributed by atoms with Crippen LogP contribution in [0.5, 0.6) is 11.5 Å². The van der Waals surface area contributed by atoms with E-state index in [-0.39, 0.29) is 11.5 Å². The van der Waals surface area contributed by atoms with Crippen LogP contribution in [0.3, 0.4) is 0 Å². The number of rotatable bonds is 4. The molecular weight excluding hydrogens is 284 g/mol. The maximum Gasteiger partial charge on any atom is 0.204 e.